The Bertz CT molecular complexity index is 528. The Balaban J connectivity index is 2.18. The van der Waals surface area contributed by atoms with E-state index in [1.807, 2.05) is 20.8 Å². The van der Waals surface area contributed by atoms with Crippen LogP contribution in [0.3, 0.4) is 0 Å². The van der Waals surface area contributed by atoms with Crippen molar-refractivity contribution in [3.63, 3.8) is 0 Å². The predicted molar refractivity (Wildman–Crippen MR) is 77.9 cm³/mol. The lowest BCUT2D eigenvalue weighted by Gasteiger charge is -2.37. The molecule has 1 aliphatic heterocycles. The summed E-state index contributed by atoms with van der Waals surface area (Å²) in [6, 6.07) is 5.32. The molecular formula is C16H21FN2O2. The van der Waals surface area contributed by atoms with Gasteiger partial charge in [0.05, 0.1) is 6.04 Å². The summed E-state index contributed by atoms with van der Waals surface area (Å²) < 4.78 is 13.0. The minimum Gasteiger partial charge on any atom is -0.343 e. The maximum atomic E-state index is 13.0. The fourth-order valence-corrected chi connectivity index (χ4v) is 2.61. The second kappa shape index (κ2) is 6.24. The largest absolute Gasteiger partial charge is 0.343 e. The van der Waals surface area contributed by atoms with Gasteiger partial charge in [0.25, 0.3) is 0 Å². The summed E-state index contributed by atoms with van der Waals surface area (Å²) in [7, 11) is 0. The van der Waals surface area contributed by atoms with E-state index in [-0.39, 0.29) is 30.2 Å². The van der Waals surface area contributed by atoms with Crippen molar-refractivity contribution in [1.82, 2.24) is 10.2 Å². The van der Waals surface area contributed by atoms with Crippen molar-refractivity contribution in [3.05, 3.63) is 35.6 Å². The van der Waals surface area contributed by atoms with E-state index in [4.69, 9.17) is 0 Å². The fraction of sp³-hybridized carbons (Fsp3) is 0.500. The van der Waals surface area contributed by atoms with Crippen LogP contribution in [0.2, 0.25) is 0 Å². The molecule has 114 valence electrons. The van der Waals surface area contributed by atoms with Gasteiger partial charge >= 0.3 is 0 Å². The first kappa shape index (κ1) is 15.5. The van der Waals surface area contributed by atoms with Crippen molar-refractivity contribution in [2.24, 2.45) is 5.92 Å². The Morgan fingerprint density at radius 1 is 1.24 bits per heavy atom. The van der Waals surface area contributed by atoms with Crippen LogP contribution >= 0.6 is 0 Å². The molecule has 1 heterocycles. The summed E-state index contributed by atoms with van der Waals surface area (Å²) in [5.41, 5.74) is 0.822. The zero-order valence-electron chi connectivity index (χ0n) is 12.6. The Kier molecular flexibility index (Phi) is 4.60. The smallest absolute Gasteiger partial charge is 0.246 e. The number of hydrogen-bond donors (Lipinski definition) is 1. The Hall–Kier alpha value is -1.91. The molecule has 1 N–H and O–H groups in total. The number of nitrogens with one attached hydrogen (secondary N) is 1. The Morgan fingerprint density at radius 3 is 2.43 bits per heavy atom. The van der Waals surface area contributed by atoms with Crippen molar-refractivity contribution in [1.29, 1.82) is 0 Å². The van der Waals surface area contributed by atoms with Gasteiger partial charge in [-0.3, -0.25) is 9.59 Å². The van der Waals surface area contributed by atoms with Gasteiger partial charge in [-0.05, 0) is 37.0 Å². The number of rotatable bonds is 4. The molecule has 0 aliphatic carbocycles. The molecule has 1 fully saturated rings. The fourth-order valence-electron chi connectivity index (χ4n) is 2.61. The molecule has 0 saturated carbocycles. The van der Waals surface area contributed by atoms with Gasteiger partial charge in [0.1, 0.15) is 18.4 Å². The number of halogens is 1. The molecule has 2 atom stereocenters. The van der Waals surface area contributed by atoms with Crippen LogP contribution in [0.25, 0.3) is 0 Å². The number of nitrogens with zero attached hydrogens (tertiary/aromatic N) is 1. The number of carbonyl (C=O) groups is 2. The summed E-state index contributed by atoms with van der Waals surface area (Å²) in [6.07, 6.45) is 0.622. The normalized spacial score (nSPS) is 20.6. The van der Waals surface area contributed by atoms with Crippen LogP contribution in [0.4, 0.5) is 4.39 Å². The first-order valence-electron chi connectivity index (χ1n) is 7.23. The van der Waals surface area contributed by atoms with Gasteiger partial charge in [0.15, 0.2) is 0 Å². The number of benzene rings is 1. The predicted octanol–water partition coefficient (Wildman–Crippen LogP) is 2.26. The van der Waals surface area contributed by atoms with Gasteiger partial charge in [-0.15, -0.1) is 0 Å². The van der Waals surface area contributed by atoms with Gasteiger partial charge in [-0.2, -0.15) is 0 Å². The third kappa shape index (κ3) is 3.60. The third-order valence-electron chi connectivity index (χ3n) is 3.76. The van der Waals surface area contributed by atoms with E-state index in [0.29, 0.717) is 12.3 Å². The van der Waals surface area contributed by atoms with E-state index in [1.54, 1.807) is 17.0 Å². The van der Waals surface area contributed by atoms with Crippen LogP contribution in [0.5, 0.6) is 0 Å². The summed E-state index contributed by atoms with van der Waals surface area (Å²) in [4.78, 5) is 25.9. The molecule has 2 unspecified atom stereocenters. The van der Waals surface area contributed by atoms with Crippen LogP contribution < -0.4 is 5.32 Å². The lowest BCUT2D eigenvalue weighted by atomic mass is 9.98. The molecule has 1 aliphatic rings. The van der Waals surface area contributed by atoms with E-state index in [0.717, 1.165) is 5.56 Å². The van der Waals surface area contributed by atoms with Crippen LogP contribution in [0, 0.1) is 11.7 Å². The van der Waals surface area contributed by atoms with Crippen molar-refractivity contribution in [2.75, 3.05) is 6.54 Å². The first-order chi connectivity index (χ1) is 9.88. The molecule has 1 aromatic rings. The second-order valence-corrected chi connectivity index (χ2v) is 5.94. The molecule has 1 saturated heterocycles. The highest BCUT2D eigenvalue weighted by molar-refractivity contribution is 5.95. The average Bonchev–Trinajstić information content (AvgIpc) is 2.42. The van der Waals surface area contributed by atoms with Crippen LogP contribution in [-0.4, -0.2) is 29.3 Å². The third-order valence-corrected chi connectivity index (χ3v) is 3.76. The van der Waals surface area contributed by atoms with Crippen LogP contribution in [0.15, 0.2) is 24.3 Å². The topological polar surface area (TPSA) is 49.4 Å². The Labute approximate surface area is 124 Å². The molecule has 21 heavy (non-hydrogen) atoms. The highest BCUT2D eigenvalue weighted by Crippen LogP contribution is 2.24. The highest BCUT2D eigenvalue weighted by atomic mass is 19.1. The highest BCUT2D eigenvalue weighted by Gasteiger charge is 2.35. The minimum absolute atomic E-state index is 0.0476. The van der Waals surface area contributed by atoms with E-state index in [2.05, 4.69) is 5.32 Å². The van der Waals surface area contributed by atoms with Crippen molar-refractivity contribution in [3.8, 4) is 0 Å². The van der Waals surface area contributed by atoms with Crippen molar-refractivity contribution in [2.45, 2.75) is 39.3 Å². The van der Waals surface area contributed by atoms with Gasteiger partial charge in [-0.25, -0.2) is 4.39 Å². The van der Waals surface area contributed by atoms with Crippen molar-refractivity contribution < 1.29 is 14.0 Å². The molecule has 4 nitrogen and oxygen atoms in total. The molecule has 0 radical (unpaired) electrons. The molecule has 0 spiro atoms. The van der Waals surface area contributed by atoms with Gasteiger partial charge < -0.3 is 10.2 Å². The maximum Gasteiger partial charge on any atom is 0.246 e. The van der Waals surface area contributed by atoms with Crippen LogP contribution in [-0.2, 0) is 9.59 Å². The van der Waals surface area contributed by atoms with Crippen LogP contribution in [0.1, 0.15) is 38.8 Å². The Morgan fingerprint density at radius 2 is 1.86 bits per heavy atom. The molecular weight excluding hydrogens is 271 g/mol. The van der Waals surface area contributed by atoms with E-state index in [9.17, 15) is 14.0 Å². The quantitative estimate of drug-likeness (QED) is 0.925. The molecule has 1 aromatic carbocycles. The number of amides is 2. The number of piperazine rings is 1. The second-order valence-electron chi connectivity index (χ2n) is 5.94. The molecule has 2 rings (SSSR count). The summed E-state index contributed by atoms with van der Waals surface area (Å²) >= 11 is 0. The monoisotopic (exact) mass is 292 g/mol. The van der Waals surface area contributed by atoms with Gasteiger partial charge in [-0.1, -0.05) is 26.0 Å². The van der Waals surface area contributed by atoms with E-state index < -0.39 is 6.04 Å². The number of carbonyl (C=O) groups excluding carboxylic acids is 2. The summed E-state index contributed by atoms with van der Waals surface area (Å²) in [5.74, 6) is -0.207. The van der Waals surface area contributed by atoms with Crippen molar-refractivity contribution >= 4 is 11.8 Å². The van der Waals surface area contributed by atoms with Gasteiger partial charge in [0.2, 0.25) is 11.8 Å². The zero-order valence-corrected chi connectivity index (χ0v) is 12.6. The molecule has 2 amide bonds. The first-order valence-corrected chi connectivity index (χ1v) is 7.23. The van der Waals surface area contributed by atoms with E-state index in [1.165, 1.54) is 12.1 Å². The molecule has 5 heteroatoms. The number of hydrogen-bond acceptors (Lipinski definition) is 2. The minimum atomic E-state index is -0.464. The molecule has 0 aromatic heterocycles. The zero-order chi connectivity index (χ0) is 15.6. The maximum absolute atomic E-state index is 13.0. The van der Waals surface area contributed by atoms with E-state index >= 15 is 0 Å². The lowest BCUT2D eigenvalue weighted by Crippen LogP contribution is -2.58. The lowest BCUT2D eigenvalue weighted by molar-refractivity contribution is -0.146. The summed E-state index contributed by atoms with van der Waals surface area (Å²) in [5, 5.41) is 2.75. The van der Waals surface area contributed by atoms with Gasteiger partial charge in [0, 0.05) is 0 Å². The summed E-state index contributed by atoms with van der Waals surface area (Å²) in [6.45, 7) is 5.94. The SMILES string of the molecule is CC(C)CC1NC(=O)CN(C(C)c2ccc(F)cc2)C1=O. The molecule has 0 bridgehead atoms. The standard InChI is InChI=1S/C16H21FN2O2/c1-10(2)8-14-16(21)19(9-15(20)18-14)11(3)12-4-6-13(17)7-5-12/h4-7,10-11,14H,8-9H2,1-3H3,(H,18,20). The average molecular weight is 292 g/mol.